The predicted molar refractivity (Wildman–Crippen MR) is 129 cm³/mol. The number of hydrogen-bond donors (Lipinski definition) is 1. The van der Waals surface area contributed by atoms with E-state index in [2.05, 4.69) is 27.9 Å². The van der Waals surface area contributed by atoms with E-state index in [0.29, 0.717) is 33.7 Å². The molecule has 1 amide bonds. The average Bonchev–Trinajstić information content (AvgIpc) is 2.74. The second kappa shape index (κ2) is 10.5. The third kappa shape index (κ3) is 5.99. The van der Waals surface area contributed by atoms with Gasteiger partial charge in [0.25, 0.3) is 5.91 Å². The van der Waals surface area contributed by atoms with Gasteiger partial charge in [0.2, 0.25) is 0 Å². The molecule has 7 heteroatoms. The highest BCUT2D eigenvalue weighted by Crippen LogP contribution is 2.25. The van der Waals surface area contributed by atoms with Crippen molar-refractivity contribution in [1.82, 2.24) is 0 Å². The molecule has 3 rings (SSSR count). The number of halogens is 3. The number of nitrogens with one attached hydrogen (secondary N) is 1. The molecular weight excluding hydrogens is 534 g/mol. The summed E-state index contributed by atoms with van der Waals surface area (Å²) in [4.78, 5) is 12.4. The molecule has 3 aromatic carbocycles. The Bertz CT molecular complexity index is 1140. The number of nitrogens with zero attached hydrogens (tertiary/aromatic N) is 1. The van der Waals surface area contributed by atoms with Crippen LogP contribution in [0.15, 0.2) is 72.3 Å². The van der Waals surface area contributed by atoms with Gasteiger partial charge >= 0.3 is 0 Å². The van der Waals surface area contributed by atoms with Crippen LogP contribution in [-0.2, 0) is 11.4 Å². The van der Waals surface area contributed by atoms with Crippen molar-refractivity contribution in [2.24, 2.45) is 0 Å². The molecule has 0 fully saturated rings. The van der Waals surface area contributed by atoms with Gasteiger partial charge in [-0.3, -0.25) is 4.79 Å². The third-order valence-corrected chi connectivity index (χ3v) is 5.49. The van der Waals surface area contributed by atoms with Crippen molar-refractivity contribution in [2.45, 2.75) is 6.61 Å². The average molecular weight is 549 g/mol. The van der Waals surface area contributed by atoms with E-state index in [9.17, 15) is 10.1 Å². The van der Waals surface area contributed by atoms with Crippen molar-refractivity contribution >= 4 is 63.5 Å². The topological polar surface area (TPSA) is 62.1 Å². The summed E-state index contributed by atoms with van der Waals surface area (Å²) in [7, 11) is 0. The van der Waals surface area contributed by atoms with Crippen molar-refractivity contribution in [3.63, 3.8) is 0 Å². The van der Waals surface area contributed by atoms with Crippen LogP contribution in [0.4, 0.5) is 5.69 Å². The van der Waals surface area contributed by atoms with Crippen molar-refractivity contribution in [3.05, 3.63) is 97.0 Å². The number of benzene rings is 3. The molecule has 0 aliphatic rings. The van der Waals surface area contributed by atoms with Crippen molar-refractivity contribution in [2.75, 3.05) is 5.32 Å². The van der Waals surface area contributed by atoms with Crippen molar-refractivity contribution in [3.8, 4) is 11.8 Å². The number of carbonyl (C=O) groups is 1. The Kier molecular flexibility index (Phi) is 7.75. The van der Waals surface area contributed by atoms with E-state index in [0.717, 1.165) is 9.13 Å². The zero-order valence-electron chi connectivity index (χ0n) is 15.5. The maximum Gasteiger partial charge on any atom is 0.266 e. The molecule has 0 aromatic heterocycles. The minimum Gasteiger partial charge on any atom is -0.488 e. The summed E-state index contributed by atoms with van der Waals surface area (Å²) in [5, 5.41) is 13.1. The van der Waals surface area contributed by atoms with Gasteiger partial charge < -0.3 is 10.1 Å². The van der Waals surface area contributed by atoms with Gasteiger partial charge in [-0.1, -0.05) is 53.5 Å². The first-order valence-electron chi connectivity index (χ1n) is 8.81. The highest BCUT2D eigenvalue weighted by Gasteiger charge is 2.12. The number of hydrogen-bond acceptors (Lipinski definition) is 3. The van der Waals surface area contributed by atoms with Gasteiger partial charge in [-0.15, -0.1) is 0 Å². The molecule has 150 valence electrons. The molecule has 0 atom stereocenters. The Morgan fingerprint density at radius 3 is 2.50 bits per heavy atom. The van der Waals surface area contributed by atoms with E-state index in [1.807, 2.05) is 42.5 Å². The van der Waals surface area contributed by atoms with E-state index in [-0.39, 0.29) is 5.57 Å². The predicted octanol–water partition coefficient (Wildman–Crippen LogP) is 6.72. The second-order valence-electron chi connectivity index (χ2n) is 6.21. The lowest BCUT2D eigenvalue weighted by molar-refractivity contribution is -0.112. The number of ether oxygens (including phenoxy) is 1. The van der Waals surface area contributed by atoms with Crippen LogP contribution < -0.4 is 10.1 Å². The maximum absolute atomic E-state index is 12.4. The van der Waals surface area contributed by atoms with Gasteiger partial charge in [-0.2, -0.15) is 5.26 Å². The number of anilines is 1. The molecule has 0 saturated carbocycles. The summed E-state index contributed by atoms with van der Waals surface area (Å²) in [6.45, 7) is 0.409. The van der Waals surface area contributed by atoms with Crippen LogP contribution in [0.25, 0.3) is 6.08 Å². The Morgan fingerprint density at radius 2 is 1.83 bits per heavy atom. The van der Waals surface area contributed by atoms with E-state index in [1.165, 1.54) is 6.08 Å². The Morgan fingerprint density at radius 1 is 1.10 bits per heavy atom. The fourth-order valence-electron chi connectivity index (χ4n) is 2.53. The first-order chi connectivity index (χ1) is 14.5. The van der Waals surface area contributed by atoms with Gasteiger partial charge in [0.1, 0.15) is 24.0 Å². The fraction of sp³-hybridized carbons (Fsp3) is 0.0435. The summed E-state index contributed by atoms with van der Waals surface area (Å²) in [5.41, 5.74) is 2.14. The van der Waals surface area contributed by atoms with Gasteiger partial charge in [-0.05, 0) is 76.2 Å². The standard InChI is InChI=1S/C23H15Cl2IN2O2/c24-18-8-5-15(6-9-18)14-30-22-10-7-16(12-20(22)26)11-17(13-27)23(29)28-21-4-2-1-3-19(21)25/h1-12H,14H2,(H,28,29)/b17-11+. The monoisotopic (exact) mass is 548 g/mol. The number of para-hydroxylation sites is 1. The molecule has 30 heavy (non-hydrogen) atoms. The minimum absolute atomic E-state index is 0.0273. The lowest BCUT2D eigenvalue weighted by atomic mass is 10.1. The molecule has 0 bridgehead atoms. The number of rotatable bonds is 6. The Labute approximate surface area is 198 Å². The zero-order chi connectivity index (χ0) is 21.5. The molecule has 0 aliphatic carbocycles. The molecule has 0 aliphatic heterocycles. The molecule has 0 saturated heterocycles. The first-order valence-corrected chi connectivity index (χ1v) is 10.6. The van der Waals surface area contributed by atoms with Crippen LogP contribution in [-0.4, -0.2) is 5.91 Å². The zero-order valence-corrected chi connectivity index (χ0v) is 19.2. The quantitative estimate of drug-likeness (QED) is 0.211. The molecule has 1 N–H and O–H groups in total. The Hall–Kier alpha value is -2.53. The van der Waals surface area contributed by atoms with Crippen molar-refractivity contribution < 1.29 is 9.53 Å². The van der Waals surface area contributed by atoms with Crippen molar-refractivity contribution in [1.29, 1.82) is 5.26 Å². The SMILES string of the molecule is N#C/C(=C\c1ccc(OCc2ccc(Cl)cc2)c(I)c1)C(=O)Nc1ccccc1Cl. The van der Waals surface area contributed by atoms with E-state index < -0.39 is 5.91 Å². The first kappa shape index (κ1) is 22.2. The molecule has 0 unspecified atom stereocenters. The summed E-state index contributed by atoms with van der Waals surface area (Å²) in [5.74, 6) is 0.186. The highest BCUT2D eigenvalue weighted by molar-refractivity contribution is 14.1. The third-order valence-electron chi connectivity index (χ3n) is 4.06. The summed E-state index contributed by atoms with van der Waals surface area (Å²) in [6.07, 6.45) is 1.53. The lowest BCUT2D eigenvalue weighted by Crippen LogP contribution is -2.13. The van der Waals surface area contributed by atoms with Crippen LogP contribution in [0.1, 0.15) is 11.1 Å². The molecule has 0 radical (unpaired) electrons. The molecular formula is C23H15Cl2IN2O2. The lowest BCUT2D eigenvalue weighted by Gasteiger charge is -2.10. The number of amides is 1. The molecule has 0 spiro atoms. The normalized spacial score (nSPS) is 10.9. The van der Waals surface area contributed by atoms with Crippen LogP contribution in [0.3, 0.4) is 0 Å². The maximum atomic E-state index is 12.4. The van der Waals surface area contributed by atoms with E-state index in [1.54, 1.807) is 30.3 Å². The fourth-order valence-corrected chi connectivity index (χ4v) is 3.54. The largest absolute Gasteiger partial charge is 0.488 e. The Balaban J connectivity index is 1.71. The summed E-state index contributed by atoms with van der Waals surface area (Å²) < 4.78 is 6.72. The molecule has 0 heterocycles. The van der Waals surface area contributed by atoms with E-state index >= 15 is 0 Å². The van der Waals surface area contributed by atoms with Gasteiger partial charge in [-0.25, -0.2) is 0 Å². The number of nitriles is 1. The highest BCUT2D eigenvalue weighted by atomic mass is 127. The van der Waals surface area contributed by atoms with Crippen LogP contribution in [0.2, 0.25) is 10.0 Å². The molecule has 4 nitrogen and oxygen atoms in total. The van der Waals surface area contributed by atoms with Gasteiger partial charge in [0, 0.05) is 5.02 Å². The van der Waals surface area contributed by atoms with E-state index in [4.69, 9.17) is 27.9 Å². The second-order valence-corrected chi connectivity index (χ2v) is 8.21. The number of carbonyl (C=O) groups excluding carboxylic acids is 1. The summed E-state index contributed by atoms with van der Waals surface area (Å²) in [6, 6.07) is 21.7. The van der Waals surface area contributed by atoms with Gasteiger partial charge in [0.15, 0.2) is 0 Å². The summed E-state index contributed by atoms with van der Waals surface area (Å²) >= 11 is 14.1. The van der Waals surface area contributed by atoms with Gasteiger partial charge in [0.05, 0.1) is 14.3 Å². The minimum atomic E-state index is -0.524. The van der Waals surface area contributed by atoms with Crippen LogP contribution in [0, 0.1) is 14.9 Å². The smallest absolute Gasteiger partial charge is 0.266 e. The molecule has 3 aromatic rings. The van der Waals surface area contributed by atoms with Crippen LogP contribution in [0.5, 0.6) is 5.75 Å². The van der Waals surface area contributed by atoms with Crippen LogP contribution >= 0.6 is 45.8 Å².